The lowest BCUT2D eigenvalue weighted by molar-refractivity contribution is -0.133. The standard InChI is InChI=1S/C22H24BrN9O/c1-12(21(33)31-11-14-7-15(31)10-29(14)2)25-22-26-18-16(5-4-6-17(18)23)20-27-19(28-32(20)22)13-8-24-30(3)9-13/h4-6,8-9,12,14-15H,7,10-11H2,1-3H3,(H,25,26)/t12?,14-,15-/m0/s1. The van der Waals surface area contributed by atoms with Crippen LogP contribution < -0.4 is 5.32 Å². The number of likely N-dealkylation sites (tertiary alicyclic amines) is 2. The van der Waals surface area contributed by atoms with Crippen molar-refractivity contribution in [1.29, 1.82) is 0 Å². The highest BCUT2D eigenvalue weighted by atomic mass is 79.9. The van der Waals surface area contributed by atoms with Crippen LogP contribution in [0.4, 0.5) is 5.95 Å². The number of piperazine rings is 1. The fourth-order valence-corrected chi connectivity index (χ4v) is 5.44. The molecule has 2 saturated heterocycles. The van der Waals surface area contributed by atoms with Crippen LogP contribution in [0.15, 0.2) is 35.1 Å². The summed E-state index contributed by atoms with van der Waals surface area (Å²) < 4.78 is 4.26. The van der Waals surface area contributed by atoms with Gasteiger partial charge in [0.1, 0.15) is 6.04 Å². The van der Waals surface area contributed by atoms with Crippen molar-refractivity contribution < 1.29 is 4.79 Å². The number of rotatable bonds is 4. The Hall–Kier alpha value is -3.05. The van der Waals surface area contributed by atoms with Crippen molar-refractivity contribution in [2.75, 3.05) is 25.5 Å². The predicted octanol–water partition coefficient (Wildman–Crippen LogP) is 2.16. The Morgan fingerprint density at radius 3 is 2.76 bits per heavy atom. The van der Waals surface area contributed by atoms with E-state index in [-0.39, 0.29) is 5.91 Å². The van der Waals surface area contributed by atoms with Crippen molar-refractivity contribution in [2.24, 2.45) is 7.05 Å². The number of hydrogen-bond donors (Lipinski definition) is 1. The molecule has 170 valence electrons. The van der Waals surface area contributed by atoms with Crippen LogP contribution in [0.1, 0.15) is 13.3 Å². The normalized spacial score (nSPS) is 21.4. The summed E-state index contributed by atoms with van der Waals surface area (Å²) in [5.41, 5.74) is 2.25. The summed E-state index contributed by atoms with van der Waals surface area (Å²) in [5.74, 6) is 1.12. The van der Waals surface area contributed by atoms with E-state index >= 15 is 0 Å². The number of carbonyl (C=O) groups excluding carboxylic acids is 1. The zero-order valence-electron chi connectivity index (χ0n) is 18.6. The minimum atomic E-state index is -0.448. The molecule has 2 bridgehead atoms. The van der Waals surface area contributed by atoms with Crippen molar-refractivity contribution in [3.05, 3.63) is 35.1 Å². The molecule has 5 heterocycles. The number of aryl methyl sites for hydroxylation is 1. The Morgan fingerprint density at radius 2 is 2.06 bits per heavy atom. The number of amides is 1. The maximum atomic E-state index is 13.3. The number of likely N-dealkylation sites (N-methyl/N-ethyl adjacent to an activating group) is 1. The molecule has 2 aliphatic heterocycles. The van der Waals surface area contributed by atoms with E-state index in [9.17, 15) is 4.79 Å². The Kier molecular flexibility index (Phi) is 4.66. The first-order valence-corrected chi connectivity index (χ1v) is 11.8. The van der Waals surface area contributed by atoms with E-state index in [4.69, 9.17) is 15.1 Å². The minimum Gasteiger partial charge on any atom is -0.343 e. The molecule has 1 unspecified atom stereocenters. The molecule has 1 aromatic carbocycles. The van der Waals surface area contributed by atoms with Crippen molar-refractivity contribution in [2.45, 2.75) is 31.5 Å². The molecule has 10 nitrogen and oxygen atoms in total. The second-order valence-electron chi connectivity index (χ2n) is 8.98. The van der Waals surface area contributed by atoms with Crippen LogP contribution in [-0.2, 0) is 11.8 Å². The number of carbonyl (C=O) groups is 1. The van der Waals surface area contributed by atoms with Crippen molar-refractivity contribution in [1.82, 2.24) is 39.2 Å². The zero-order valence-corrected chi connectivity index (χ0v) is 20.2. The predicted molar refractivity (Wildman–Crippen MR) is 128 cm³/mol. The van der Waals surface area contributed by atoms with Gasteiger partial charge in [-0.3, -0.25) is 14.4 Å². The molecule has 6 rings (SSSR count). The molecule has 0 aliphatic carbocycles. The molecule has 4 aromatic rings. The number of nitrogens with zero attached hydrogens (tertiary/aromatic N) is 8. The van der Waals surface area contributed by atoms with Gasteiger partial charge in [0, 0.05) is 48.3 Å². The lowest BCUT2D eigenvalue weighted by Gasteiger charge is -2.33. The van der Waals surface area contributed by atoms with Crippen LogP contribution in [0.3, 0.4) is 0 Å². The first-order valence-electron chi connectivity index (χ1n) is 11.0. The molecular weight excluding hydrogens is 486 g/mol. The topological polar surface area (TPSA) is 96.5 Å². The van der Waals surface area contributed by atoms with Gasteiger partial charge in [0.15, 0.2) is 11.5 Å². The maximum Gasteiger partial charge on any atom is 0.245 e. The molecule has 33 heavy (non-hydrogen) atoms. The number of halogens is 1. The molecule has 1 N–H and O–H groups in total. The summed E-state index contributed by atoms with van der Waals surface area (Å²) in [6.07, 6.45) is 4.66. The van der Waals surface area contributed by atoms with E-state index in [1.165, 1.54) is 0 Å². The molecule has 3 aromatic heterocycles. The van der Waals surface area contributed by atoms with Crippen molar-refractivity contribution in [3.63, 3.8) is 0 Å². The quantitative estimate of drug-likeness (QED) is 0.450. The summed E-state index contributed by atoms with van der Waals surface area (Å²) >= 11 is 3.61. The average Bonchev–Trinajstić information content (AvgIpc) is 3.56. The number of hydrogen-bond acceptors (Lipinski definition) is 7. The van der Waals surface area contributed by atoms with E-state index in [2.05, 4.69) is 38.3 Å². The number of aromatic nitrogens is 6. The second-order valence-corrected chi connectivity index (χ2v) is 9.84. The average molecular weight is 510 g/mol. The first kappa shape index (κ1) is 20.5. The number of fused-ring (bicyclic) bond motifs is 5. The SMILES string of the molecule is CC(Nc1nc2c(Br)cccc2c2nc(-c3cnn(C)c3)nn12)C(=O)N1C[C@@H]2C[C@H]1CN2C. The minimum absolute atomic E-state index is 0.0883. The van der Waals surface area contributed by atoms with E-state index in [0.717, 1.165) is 40.4 Å². The van der Waals surface area contributed by atoms with E-state index < -0.39 is 6.04 Å². The van der Waals surface area contributed by atoms with Gasteiger partial charge in [-0.05, 0) is 48.5 Å². The highest BCUT2D eigenvalue weighted by Crippen LogP contribution is 2.31. The summed E-state index contributed by atoms with van der Waals surface area (Å²) in [7, 11) is 3.99. The van der Waals surface area contributed by atoms with Gasteiger partial charge in [0.05, 0.1) is 17.3 Å². The van der Waals surface area contributed by atoms with Gasteiger partial charge in [0.25, 0.3) is 0 Å². The number of anilines is 1. The fourth-order valence-electron chi connectivity index (χ4n) is 4.99. The zero-order chi connectivity index (χ0) is 22.9. The first-order chi connectivity index (χ1) is 15.9. The molecule has 0 radical (unpaired) electrons. The second kappa shape index (κ2) is 7.49. The van der Waals surface area contributed by atoms with Gasteiger partial charge in [-0.25, -0.2) is 9.97 Å². The highest BCUT2D eigenvalue weighted by molar-refractivity contribution is 9.10. The fraction of sp³-hybridized carbons (Fsp3) is 0.409. The van der Waals surface area contributed by atoms with Gasteiger partial charge in [-0.2, -0.15) is 9.61 Å². The molecule has 3 atom stereocenters. The third-order valence-corrected chi connectivity index (χ3v) is 7.37. The molecular formula is C22H24BrN9O. The van der Waals surface area contributed by atoms with Gasteiger partial charge >= 0.3 is 0 Å². The Bertz CT molecular complexity index is 1390. The summed E-state index contributed by atoms with van der Waals surface area (Å²) in [6, 6.07) is 6.17. The Balaban J connectivity index is 1.40. The van der Waals surface area contributed by atoms with E-state index in [1.54, 1.807) is 15.4 Å². The van der Waals surface area contributed by atoms with Crippen LogP contribution >= 0.6 is 15.9 Å². The molecule has 2 aliphatic rings. The monoisotopic (exact) mass is 509 g/mol. The van der Waals surface area contributed by atoms with Gasteiger partial charge in [0.2, 0.25) is 11.9 Å². The number of para-hydroxylation sites is 1. The number of nitrogens with one attached hydrogen (secondary N) is 1. The lowest BCUT2D eigenvalue weighted by Crippen LogP contribution is -2.51. The molecule has 0 saturated carbocycles. The van der Waals surface area contributed by atoms with Gasteiger partial charge in [-0.15, -0.1) is 5.10 Å². The highest BCUT2D eigenvalue weighted by Gasteiger charge is 2.44. The van der Waals surface area contributed by atoms with Crippen molar-refractivity contribution >= 4 is 44.3 Å². The van der Waals surface area contributed by atoms with Crippen molar-refractivity contribution in [3.8, 4) is 11.4 Å². The molecule has 11 heteroatoms. The Morgan fingerprint density at radius 1 is 1.21 bits per heavy atom. The lowest BCUT2D eigenvalue weighted by atomic mass is 10.2. The smallest absolute Gasteiger partial charge is 0.245 e. The van der Waals surface area contributed by atoms with Gasteiger partial charge < -0.3 is 10.2 Å². The molecule has 1 amide bonds. The third kappa shape index (κ3) is 3.29. The van der Waals surface area contributed by atoms with E-state index in [0.29, 0.717) is 29.5 Å². The summed E-state index contributed by atoms with van der Waals surface area (Å²) in [5, 5.41) is 13.1. The van der Waals surface area contributed by atoms with Crippen LogP contribution in [0.25, 0.3) is 27.9 Å². The Labute approximate surface area is 198 Å². The van der Waals surface area contributed by atoms with Crippen LogP contribution in [0.2, 0.25) is 0 Å². The summed E-state index contributed by atoms with van der Waals surface area (Å²) in [4.78, 5) is 27.3. The van der Waals surface area contributed by atoms with Crippen LogP contribution in [-0.4, -0.2) is 83.3 Å². The number of benzene rings is 1. The summed E-state index contributed by atoms with van der Waals surface area (Å²) in [6.45, 7) is 3.60. The molecule has 2 fully saturated rings. The van der Waals surface area contributed by atoms with Crippen LogP contribution in [0.5, 0.6) is 0 Å². The molecule has 0 spiro atoms. The maximum absolute atomic E-state index is 13.3. The van der Waals surface area contributed by atoms with Crippen LogP contribution in [0, 0.1) is 0 Å². The third-order valence-electron chi connectivity index (χ3n) is 6.73. The van der Waals surface area contributed by atoms with Gasteiger partial charge in [-0.1, -0.05) is 6.07 Å². The van der Waals surface area contributed by atoms with E-state index in [1.807, 2.05) is 43.3 Å². The largest absolute Gasteiger partial charge is 0.343 e.